The van der Waals surface area contributed by atoms with Crippen molar-refractivity contribution in [1.29, 1.82) is 5.26 Å². The van der Waals surface area contributed by atoms with Gasteiger partial charge in [0.1, 0.15) is 6.54 Å². The molecule has 2 aromatic heterocycles. The van der Waals surface area contributed by atoms with Crippen LogP contribution >= 0.6 is 0 Å². The molecule has 3 amide bonds. The standard InChI is InChI=1S/C27H31F3N8O5/c1-5-16-12-17(6-7-18(16)23(39)32-9-11-43-15-26(2,3)35-25(41)42)34-24(40)22-33-13-20(37(22)4)19-14-38(10-8-31)36-21(19)27(28,29)30/h6-7,12-14,35H,5,9-11,15H2,1-4H3,(H,32,39)(H,34,40)(H,41,42). The summed E-state index contributed by atoms with van der Waals surface area (Å²) in [5.74, 6) is -1.23. The van der Waals surface area contributed by atoms with Crippen molar-refractivity contribution >= 4 is 23.6 Å². The molecular weight excluding hydrogens is 573 g/mol. The molecule has 230 valence electrons. The molecule has 43 heavy (non-hydrogen) atoms. The number of carbonyl (C=O) groups is 3. The van der Waals surface area contributed by atoms with E-state index in [4.69, 9.17) is 15.1 Å². The second-order valence-corrected chi connectivity index (χ2v) is 10.1. The average molecular weight is 605 g/mol. The molecule has 0 aliphatic rings. The number of aryl methyl sites for hydroxylation is 1. The number of hydrogen-bond donors (Lipinski definition) is 4. The van der Waals surface area contributed by atoms with Gasteiger partial charge < -0.3 is 30.4 Å². The highest BCUT2D eigenvalue weighted by molar-refractivity contribution is 6.03. The van der Waals surface area contributed by atoms with Crippen LogP contribution in [0.4, 0.5) is 23.7 Å². The predicted octanol–water partition coefficient (Wildman–Crippen LogP) is 3.43. The van der Waals surface area contributed by atoms with Gasteiger partial charge in [-0.3, -0.25) is 14.3 Å². The van der Waals surface area contributed by atoms with Crippen molar-refractivity contribution in [3.63, 3.8) is 0 Å². The molecule has 0 radical (unpaired) electrons. The van der Waals surface area contributed by atoms with Gasteiger partial charge >= 0.3 is 12.3 Å². The van der Waals surface area contributed by atoms with E-state index in [0.29, 0.717) is 23.2 Å². The number of amides is 3. The molecule has 1 aromatic carbocycles. The van der Waals surface area contributed by atoms with Crippen LogP contribution < -0.4 is 16.0 Å². The molecule has 4 N–H and O–H groups in total. The third kappa shape index (κ3) is 8.32. The zero-order chi connectivity index (χ0) is 31.9. The first kappa shape index (κ1) is 32.6. The number of nitrogens with zero attached hydrogens (tertiary/aromatic N) is 5. The number of rotatable bonds is 12. The van der Waals surface area contributed by atoms with Crippen molar-refractivity contribution in [3.8, 4) is 17.3 Å². The van der Waals surface area contributed by atoms with Crippen molar-refractivity contribution in [2.75, 3.05) is 25.1 Å². The van der Waals surface area contributed by atoms with Crippen molar-refractivity contribution in [2.24, 2.45) is 7.05 Å². The lowest BCUT2D eigenvalue weighted by atomic mass is 10.0. The minimum atomic E-state index is -4.79. The lowest BCUT2D eigenvalue weighted by Crippen LogP contribution is -2.46. The van der Waals surface area contributed by atoms with Crippen molar-refractivity contribution in [2.45, 2.75) is 45.5 Å². The van der Waals surface area contributed by atoms with Crippen molar-refractivity contribution < 1.29 is 37.4 Å². The minimum absolute atomic E-state index is 0.0198. The number of alkyl halides is 3. The lowest BCUT2D eigenvalue weighted by molar-refractivity contribution is -0.141. The highest BCUT2D eigenvalue weighted by Gasteiger charge is 2.38. The Labute approximate surface area is 244 Å². The van der Waals surface area contributed by atoms with Crippen LogP contribution in [-0.2, 0) is 30.9 Å². The normalized spacial score (nSPS) is 11.6. The number of ether oxygens (including phenoxy) is 1. The van der Waals surface area contributed by atoms with Gasteiger partial charge in [0, 0.05) is 31.0 Å². The molecule has 0 aliphatic heterocycles. The van der Waals surface area contributed by atoms with E-state index >= 15 is 0 Å². The fraction of sp³-hybridized carbons (Fsp3) is 0.407. The smallest absolute Gasteiger partial charge is 0.435 e. The van der Waals surface area contributed by atoms with Crippen LogP contribution in [0.5, 0.6) is 0 Å². The summed E-state index contributed by atoms with van der Waals surface area (Å²) in [7, 11) is 1.39. The molecule has 0 bridgehead atoms. The number of halogens is 3. The van der Waals surface area contributed by atoms with E-state index in [1.807, 2.05) is 6.92 Å². The first-order valence-corrected chi connectivity index (χ1v) is 13.0. The SMILES string of the molecule is CCc1cc(NC(=O)c2ncc(-c3cn(CC#N)nc3C(F)(F)F)n2C)ccc1C(=O)NCCOCC(C)(C)NC(=O)O. The van der Waals surface area contributed by atoms with Crippen LogP contribution in [0, 0.1) is 11.3 Å². The maximum absolute atomic E-state index is 13.6. The predicted molar refractivity (Wildman–Crippen MR) is 147 cm³/mol. The van der Waals surface area contributed by atoms with Crippen LogP contribution in [-0.4, -0.2) is 67.6 Å². The van der Waals surface area contributed by atoms with Crippen LogP contribution in [0.3, 0.4) is 0 Å². The van der Waals surface area contributed by atoms with E-state index < -0.39 is 29.4 Å². The Bertz CT molecular complexity index is 1540. The minimum Gasteiger partial charge on any atom is -0.465 e. The zero-order valence-electron chi connectivity index (χ0n) is 23.9. The van der Waals surface area contributed by atoms with E-state index in [2.05, 4.69) is 26.0 Å². The fourth-order valence-corrected chi connectivity index (χ4v) is 4.20. The summed E-state index contributed by atoms with van der Waals surface area (Å²) in [5.41, 5.74) is -0.998. The molecule has 3 aromatic rings. The van der Waals surface area contributed by atoms with Gasteiger partial charge in [-0.1, -0.05) is 6.92 Å². The summed E-state index contributed by atoms with van der Waals surface area (Å²) >= 11 is 0. The van der Waals surface area contributed by atoms with Gasteiger partial charge in [0.25, 0.3) is 11.8 Å². The Morgan fingerprint density at radius 2 is 1.91 bits per heavy atom. The Morgan fingerprint density at radius 3 is 2.53 bits per heavy atom. The van der Waals surface area contributed by atoms with Crippen LogP contribution in [0.1, 0.15) is 53.0 Å². The molecule has 0 saturated heterocycles. The maximum Gasteiger partial charge on any atom is 0.435 e. The van der Waals surface area contributed by atoms with Crippen LogP contribution in [0.25, 0.3) is 11.3 Å². The summed E-state index contributed by atoms with van der Waals surface area (Å²) in [6, 6.07) is 6.40. The number of carbonyl (C=O) groups excluding carboxylic acids is 2. The second-order valence-electron chi connectivity index (χ2n) is 10.1. The van der Waals surface area contributed by atoms with Gasteiger partial charge in [-0.05, 0) is 44.0 Å². The Hall–Kier alpha value is -4.91. The summed E-state index contributed by atoms with van der Waals surface area (Å²) in [6.07, 6.45) is -3.31. The molecule has 0 spiro atoms. The van der Waals surface area contributed by atoms with Gasteiger partial charge in [-0.2, -0.15) is 23.5 Å². The largest absolute Gasteiger partial charge is 0.465 e. The molecule has 0 fully saturated rings. The number of nitriles is 1. The second kappa shape index (κ2) is 13.4. The first-order chi connectivity index (χ1) is 20.2. The molecule has 0 aliphatic carbocycles. The van der Waals surface area contributed by atoms with E-state index in [1.54, 1.807) is 26.0 Å². The number of aromatic nitrogens is 4. The molecule has 2 heterocycles. The topological polar surface area (TPSA) is 176 Å². The van der Waals surface area contributed by atoms with Gasteiger partial charge in [0.05, 0.1) is 42.3 Å². The number of nitrogens with one attached hydrogen (secondary N) is 3. The highest BCUT2D eigenvalue weighted by Crippen LogP contribution is 2.36. The van der Waals surface area contributed by atoms with Gasteiger partial charge in [-0.15, -0.1) is 0 Å². The fourth-order valence-electron chi connectivity index (χ4n) is 4.20. The van der Waals surface area contributed by atoms with Gasteiger partial charge in [0.15, 0.2) is 11.5 Å². The summed E-state index contributed by atoms with van der Waals surface area (Å²) < 4.78 is 48.3. The summed E-state index contributed by atoms with van der Waals surface area (Å²) in [5, 5.41) is 28.9. The monoisotopic (exact) mass is 604 g/mol. The number of imidazole rings is 1. The Balaban J connectivity index is 1.68. The van der Waals surface area contributed by atoms with E-state index in [1.165, 1.54) is 23.7 Å². The average Bonchev–Trinajstić information content (AvgIpc) is 3.51. The molecular formula is C27H31F3N8O5. The number of benzene rings is 1. The number of anilines is 1. The van der Waals surface area contributed by atoms with Gasteiger partial charge in [0.2, 0.25) is 0 Å². The molecule has 3 rings (SSSR count). The van der Waals surface area contributed by atoms with Crippen LogP contribution in [0.15, 0.2) is 30.6 Å². The molecule has 13 nitrogen and oxygen atoms in total. The molecule has 16 heteroatoms. The van der Waals surface area contributed by atoms with Crippen molar-refractivity contribution in [1.82, 2.24) is 30.0 Å². The molecule has 0 atom stereocenters. The van der Waals surface area contributed by atoms with E-state index in [9.17, 15) is 27.6 Å². The summed E-state index contributed by atoms with van der Waals surface area (Å²) in [4.78, 5) is 40.6. The van der Waals surface area contributed by atoms with Gasteiger partial charge in [-0.25, -0.2) is 9.78 Å². The number of hydrogen-bond acceptors (Lipinski definition) is 7. The quantitative estimate of drug-likeness (QED) is 0.227. The zero-order valence-corrected chi connectivity index (χ0v) is 23.9. The first-order valence-electron chi connectivity index (χ1n) is 13.0. The third-order valence-electron chi connectivity index (χ3n) is 6.16. The Kier molecular flexibility index (Phi) is 10.1. The van der Waals surface area contributed by atoms with E-state index in [-0.39, 0.29) is 49.3 Å². The third-order valence-corrected chi connectivity index (χ3v) is 6.16. The molecule has 0 unspecified atom stereocenters. The highest BCUT2D eigenvalue weighted by atomic mass is 19.4. The molecule has 0 saturated carbocycles. The number of carboxylic acid groups (broad SMARTS) is 1. The summed E-state index contributed by atoms with van der Waals surface area (Å²) in [6.45, 7) is 5.20. The maximum atomic E-state index is 13.6. The lowest BCUT2D eigenvalue weighted by Gasteiger charge is -2.24. The van der Waals surface area contributed by atoms with E-state index in [0.717, 1.165) is 17.1 Å². The Morgan fingerprint density at radius 1 is 1.19 bits per heavy atom. The van der Waals surface area contributed by atoms with Crippen molar-refractivity contribution in [3.05, 3.63) is 53.2 Å². The van der Waals surface area contributed by atoms with Crippen LogP contribution in [0.2, 0.25) is 0 Å².